The number of nitrogens with one attached hydrogen (secondary N) is 1. The van der Waals surface area contributed by atoms with E-state index in [0.29, 0.717) is 29.9 Å². The minimum absolute atomic E-state index is 0.198. The zero-order valence-corrected chi connectivity index (χ0v) is 16.7. The maximum Gasteiger partial charge on any atom is 0.275 e. The van der Waals surface area contributed by atoms with Crippen molar-refractivity contribution in [3.63, 3.8) is 0 Å². The molecule has 1 aromatic carbocycles. The number of carbonyl (C=O) groups excluding carboxylic acids is 1. The zero-order chi connectivity index (χ0) is 21.9. The Kier molecular flexibility index (Phi) is 4.31. The second-order valence-corrected chi connectivity index (χ2v) is 7.51. The van der Waals surface area contributed by atoms with Crippen LogP contribution in [0.1, 0.15) is 34.7 Å². The lowest BCUT2D eigenvalue weighted by molar-refractivity contribution is 0.0669. The van der Waals surface area contributed by atoms with Gasteiger partial charge in [-0.25, -0.2) is 18.2 Å². The van der Waals surface area contributed by atoms with Crippen LogP contribution in [0, 0.1) is 17.5 Å². The van der Waals surface area contributed by atoms with Gasteiger partial charge in [-0.05, 0) is 31.5 Å². The molecule has 3 aromatic heterocycles. The number of rotatable bonds is 2. The van der Waals surface area contributed by atoms with Gasteiger partial charge in [0.15, 0.2) is 23.1 Å². The Bertz CT molecular complexity index is 1320. The summed E-state index contributed by atoms with van der Waals surface area (Å²) >= 11 is 0. The molecule has 1 aliphatic rings. The van der Waals surface area contributed by atoms with E-state index in [9.17, 15) is 18.0 Å². The van der Waals surface area contributed by atoms with E-state index in [1.165, 1.54) is 4.68 Å². The largest absolute Gasteiger partial charge is 0.328 e. The van der Waals surface area contributed by atoms with Crippen LogP contribution in [0.25, 0.3) is 22.2 Å². The van der Waals surface area contributed by atoms with Gasteiger partial charge in [0.05, 0.1) is 29.1 Å². The Morgan fingerprint density at radius 1 is 1.23 bits per heavy atom. The number of pyridine rings is 1. The van der Waals surface area contributed by atoms with Crippen molar-refractivity contribution in [1.82, 2.24) is 29.9 Å². The molecule has 4 aromatic rings. The van der Waals surface area contributed by atoms with Gasteiger partial charge in [0.2, 0.25) is 0 Å². The van der Waals surface area contributed by atoms with E-state index in [2.05, 4.69) is 20.3 Å². The van der Waals surface area contributed by atoms with Crippen molar-refractivity contribution in [3.05, 3.63) is 65.0 Å². The fourth-order valence-electron chi connectivity index (χ4n) is 4.24. The molecular weight excluding hydrogens is 409 g/mol. The van der Waals surface area contributed by atoms with Gasteiger partial charge in [-0.3, -0.25) is 14.6 Å². The number of H-pyrrole nitrogens is 1. The van der Waals surface area contributed by atoms with Crippen LogP contribution < -0.4 is 0 Å². The van der Waals surface area contributed by atoms with Crippen molar-refractivity contribution >= 4 is 16.8 Å². The number of aromatic amines is 1. The predicted octanol–water partition coefficient (Wildman–Crippen LogP) is 3.54. The molecule has 1 N–H and O–H groups in total. The van der Waals surface area contributed by atoms with E-state index in [1.54, 1.807) is 30.4 Å². The summed E-state index contributed by atoms with van der Waals surface area (Å²) in [6.07, 6.45) is 3.60. The number of aryl methyl sites for hydroxylation is 1. The smallest absolute Gasteiger partial charge is 0.275 e. The second kappa shape index (κ2) is 6.93. The zero-order valence-electron chi connectivity index (χ0n) is 16.7. The summed E-state index contributed by atoms with van der Waals surface area (Å²) in [4.78, 5) is 19.2. The number of hydrogen-bond acceptors (Lipinski definition) is 4. The molecule has 10 heteroatoms. The number of carbonyl (C=O) groups is 1. The number of hydrogen-bond donors (Lipinski definition) is 1. The highest BCUT2D eigenvalue weighted by molar-refractivity contribution is 6.03. The number of benzene rings is 1. The molecule has 0 fully saturated rings. The quantitative estimate of drug-likeness (QED) is 0.498. The summed E-state index contributed by atoms with van der Waals surface area (Å²) in [6.45, 7) is 2.20. The number of fused-ring (bicyclic) bond motifs is 2. The molecule has 5 rings (SSSR count). The average Bonchev–Trinajstić information content (AvgIpc) is 3.35. The van der Waals surface area contributed by atoms with E-state index >= 15 is 0 Å². The highest BCUT2D eigenvalue weighted by Gasteiger charge is 2.34. The van der Waals surface area contributed by atoms with Crippen molar-refractivity contribution in [2.24, 2.45) is 7.05 Å². The Balaban J connectivity index is 1.54. The fourth-order valence-corrected chi connectivity index (χ4v) is 4.24. The van der Waals surface area contributed by atoms with Gasteiger partial charge >= 0.3 is 0 Å². The molecule has 0 saturated carbocycles. The molecule has 1 atom stereocenters. The van der Waals surface area contributed by atoms with Crippen molar-refractivity contribution < 1.29 is 18.0 Å². The predicted molar refractivity (Wildman–Crippen MR) is 106 cm³/mol. The van der Waals surface area contributed by atoms with E-state index in [1.807, 2.05) is 6.92 Å². The van der Waals surface area contributed by atoms with E-state index in [-0.39, 0.29) is 17.2 Å². The number of halogens is 3. The lowest BCUT2D eigenvalue weighted by atomic mass is 9.95. The van der Waals surface area contributed by atoms with Gasteiger partial charge in [-0.15, -0.1) is 0 Å². The molecule has 7 nitrogen and oxygen atoms in total. The normalized spacial score (nSPS) is 16.0. The summed E-state index contributed by atoms with van der Waals surface area (Å²) < 4.78 is 42.6. The Hall–Kier alpha value is -3.69. The summed E-state index contributed by atoms with van der Waals surface area (Å²) in [7, 11) is 1.65. The minimum atomic E-state index is -1.51. The molecule has 31 heavy (non-hydrogen) atoms. The molecule has 0 saturated heterocycles. The van der Waals surface area contributed by atoms with Crippen LogP contribution in [0.3, 0.4) is 0 Å². The Morgan fingerprint density at radius 2 is 1.97 bits per heavy atom. The molecule has 0 bridgehead atoms. The summed E-state index contributed by atoms with van der Waals surface area (Å²) in [5.74, 6) is -4.29. The Labute approximate surface area is 174 Å². The standard InChI is InChI=1S/C21H17F3N6O/c1-10-17-13(20(29(2)28-17)12-7-14(22)16(24)15(23)8-12)4-6-30(10)21(31)19-18-11(3-5-25-19)9-26-27-18/h3,5,7-10H,4,6H2,1-2H3,(H,26,27)/t10-/m0/s1. The molecule has 1 amide bonds. The maximum atomic E-state index is 13.8. The van der Waals surface area contributed by atoms with Gasteiger partial charge in [0.25, 0.3) is 5.91 Å². The van der Waals surface area contributed by atoms with E-state index < -0.39 is 23.5 Å². The van der Waals surface area contributed by atoms with Gasteiger partial charge in [0, 0.05) is 36.3 Å². The molecule has 1 aliphatic heterocycles. The van der Waals surface area contributed by atoms with Crippen LogP contribution in [-0.2, 0) is 13.5 Å². The molecule has 4 heterocycles. The molecule has 0 spiro atoms. The highest BCUT2D eigenvalue weighted by Crippen LogP contribution is 2.37. The van der Waals surface area contributed by atoms with Crippen LogP contribution in [0.15, 0.2) is 30.6 Å². The van der Waals surface area contributed by atoms with E-state index in [4.69, 9.17) is 0 Å². The molecular formula is C21H17F3N6O. The van der Waals surface area contributed by atoms with Crippen molar-refractivity contribution in [1.29, 1.82) is 0 Å². The first kappa shape index (κ1) is 19.3. The third kappa shape index (κ3) is 2.89. The lowest BCUT2D eigenvalue weighted by Crippen LogP contribution is -2.39. The molecule has 0 radical (unpaired) electrons. The molecule has 0 unspecified atom stereocenters. The first-order valence-electron chi connectivity index (χ1n) is 9.66. The van der Waals surface area contributed by atoms with Crippen LogP contribution in [0.2, 0.25) is 0 Å². The number of nitrogens with zero attached hydrogens (tertiary/aromatic N) is 5. The lowest BCUT2D eigenvalue weighted by Gasteiger charge is -2.32. The van der Waals surface area contributed by atoms with E-state index in [0.717, 1.165) is 23.1 Å². The molecule has 158 valence electrons. The van der Waals surface area contributed by atoms with Crippen LogP contribution >= 0.6 is 0 Å². The van der Waals surface area contributed by atoms with Crippen LogP contribution in [0.4, 0.5) is 13.2 Å². The highest BCUT2D eigenvalue weighted by atomic mass is 19.2. The van der Waals surface area contributed by atoms with Gasteiger partial charge in [0.1, 0.15) is 0 Å². The first-order chi connectivity index (χ1) is 14.9. The van der Waals surface area contributed by atoms with Crippen molar-refractivity contribution in [2.45, 2.75) is 19.4 Å². The topological polar surface area (TPSA) is 79.7 Å². The summed E-state index contributed by atoms with van der Waals surface area (Å²) in [5, 5.41) is 12.1. The summed E-state index contributed by atoms with van der Waals surface area (Å²) in [6, 6.07) is 3.28. The minimum Gasteiger partial charge on any atom is -0.328 e. The van der Waals surface area contributed by atoms with Crippen molar-refractivity contribution in [2.75, 3.05) is 6.54 Å². The van der Waals surface area contributed by atoms with Crippen molar-refractivity contribution in [3.8, 4) is 11.3 Å². The van der Waals surface area contributed by atoms with Gasteiger partial charge in [-0.2, -0.15) is 10.2 Å². The summed E-state index contributed by atoms with van der Waals surface area (Å²) in [5.41, 5.74) is 2.92. The first-order valence-corrected chi connectivity index (χ1v) is 9.66. The number of amides is 1. The molecule has 0 aliphatic carbocycles. The third-order valence-corrected chi connectivity index (χ3v) is 5.73. The maximum absolute atomic E-state index is 13.8. The van der Waals surface area contributed by atoms with Crippen LogP contribution in [-0.4, -0.2) is 42.3 Å². The third-order valence-electron chi connectivity index (χ3n) is 5.73. The number of aromatic nitrogens is 5. The monoisotopic (exact) mass is 426 g/mol. The second-order valence-electron chi connectivity index (χ2n) is 7.51. The van der Waals surface area contributed by atoms with Crippen LogP contribution in [0.5, 0.6) is 0 Å². The van der Waals surface area contributed by atoms with Gasteiger partial charge in [-0.1, -0.05) is 0 Å². The average molecular weight is 426 g/mol. The Morgan fingerprint density at radius 3 is 2.71 bits per heavy atom. The fraction of sp³-hybridized carbons (Fsp3) is 0.238. The SMILES string of the molecule is C[C@H]1c2nn(C)c(-c3cc(F)c(F)c(F)c3)c2CCN1C(=O)c1nccc2cn[nH]c12. The van der Waals surface area contributed by atoms with Gasteiger partial charge < -0.3 is 4.90 Å².